The lowest BCUT2D eigenvalue weighted by Gasteiger charge is -2.19. The monoisotopic (exact) mass is 234 g/mol. The molecular formula is C14H20NO2. The van der Waals surface area contributed by atoms with Gasteiger partial charge < -0.3 is 4.74 Å². The van der Waals surface area contributed by atoms with Crippen molar-refractivity contribution in [2.75, 3.05) is 5.32 Å². The smallest absolute Gasteiger partial charge is 0.412 e. The molecule has 0 aliphatic heterocycles. The van der Waals surface area contributed by atoms with E-state index in [1.807, 2.05) is 45.0 Å². The van der Waals surface area contributed by atoms with Crippen molar-refractivity contribution in [1.29, 1.82) is 0 Å². The summed E-state index contributed by atoms with van der Waals surface area (Å²) in [6, 6.07) is 7.67. The minimum Gasteiger partial charge on any atom is -0.444 e. The van der Waals surface area contributed by atoms with Crippen molar-refractivity contribution in [2.45, 2.75) is 39.7 Å². The minimum atomic E-state index is -0.472. The van der Waals surface area contributed by atoms with E-state index in [0.29, 0.717) is 0 Å². The third-order valence-corrected chi connectivity index (χ3v) is 2.00. The molecule has 1 amide bonds. The van der Waals surface area contributed by atoms with Crippen LogP contribution in [0, 0.1) is 6.42 Å². The van der Waals surface area contributed by atoms with E-state index in [1.54, 1.807) is 0 Å². The van der Waals surface area contributed by atoms with Gasteiger partial charge in [-0.15, -0.1) is 0 Å². The van der Waals surface area contributed by atoms with Crippen LogP contribution >= 0.6 is 0 Å². The summed E-state index contributed by atoms with van der Waals surface area (Å²) in [5.74, 6) is 0. The van der Waals surface area contributed by atoms with Crippen molar-refractivity contribution < 1.29 is 9.53 Å². The number of hydrogen-bond donors (Lipinski definition) is 1. The van der Waals surface area contributed by atoms with Gasteiger partial charge in [0, 0.05) is 5.69 Å². The number of carbonyl (C=O) groups excluding carboxylic acids is 1. The molecule has 1 N–H and O–H groups in total. The summed E-state index contributed by atoms with van der Waals surface area (Å²) < 4.78 is 5.16. The number of amides is 1. The average molecular weight is 234 g/mol. The lowest BCUT2D eigenvalue weighted by Crippen LogP contribution is -2.27. The summed E-state index contributed by atoms with van der Waals surface area (Å²) in [5, 5.41) is 2.69. The first-order valence-electron chi connectivity index (χ1n) is 5.84. The van der Waals surface area contributed by atoms with Crippen LogP contribution in [0.4, 0.5) is 10.5 Å². The summed E-state index contributed by atoms with van der Waals surface area (Å²) in [6.07, 6.45) is 2.69. The van der Waals surface area contributed by atoms with E-state index in [-0.39, 0.29) is 0 Å². The number of benzene rings is 1. The van der Waals surface area contributed by atoms with Gasteiger partial charge in [0.2, 0.25) is 0 Å². The van der Waals surface area contributed by atoms with Gasteiger partial charge in [0.1, 0.15) is 5.60 Å². The normalized spacial score (nSPS) is 11.1. The summed E-state index contributed by atoms with van der Waals surface area (Å²) in [4.78, 5) is 11.5. The highest BCUT2D eigenvalue weighted by molar-refractivity contribution is 5.84. The maximum Gasteiger partial charge on any atom is 0.412 e. The van der Waals surface area contributed by atoms with Gasteiger partial charge in [-0.3, -0.25) is 5.32 Å². The van der Waals surface area contributed by atoms with Crippen LogP contribution in [0.25, 0.3) is 0 Å². The zero-order valence-corrected chi connectivity index (χ0v) is 10.9. The summed E-state index contributed by atoms with van der Waals surface area (Å²) >= 11 is 0. The van der Waals surface area contributed by atoms with Crippen LogP contribution in [0.1, 0.15) is 39.7 Å². The molecule has 0 atom stereocenters. The number of anilines is 1. The first kappa shape index (κ1) is 13.6. The molecule has 93 valence electrons. The van der Waals surface area contributed by atoms with Crippen molar-refractivity contribution in [3.05, 3.63) is 36.2 Å². The molecule has 0 aliphatic rings. The molecule has 0 aliphatic carbocycles. The molecule has 1 radical (unpaired) electrons. The van der Waals surface area contributed by atoms with E-state index >= 15 is 0 Å². The summed E-state index contributed by atoms with van der Waals surface area (Å²) in [6.45, 7) is 7.61. The molecule has 1 aromatic carbocycles. The molecule has 0 heterocycles. The maximum absolute atomic E-state index is 11.5. The molecule has 0 unspecified atom stereocenters. The number of nitrogens with one attached hydrogen (secondary N) is 1. The van der Waals surface area contributed by atoms with Crippen LogP contribution in [0.2, 0.25) is 0 Å². The first-order chi connectivity index (χ1) is 7.90. The Labute approximate surface area is 103 Å². The van der Waals surface area contributed by atoms with Crippen molar-refractivity contribution in [3.63, 3.8) is 0 Å². The Morgan fingerprint density at radius 3 is 2.35 bits per heavy atom. The van der Waals surface area contributed by atoms with Crippen LogP contribution < -0.4 is 5.32 Å². The Balaban J connectivity index is 2.54. The Bertz CT molecular complexity index is 363. The second-order valence-electron chi connectivity index (χ2n) is 4.86. The van der Waals surface area contributed by atoms with Gasteiger partial charge in [0.05, 0.1) is 0 Å². The van der Waals surface area contributed by atoms with Crippen LogP contribution in [-0.2, 0) is 4.74 Å². The van der Waals surface area contributed by atoms with E-state index in [0.717, 1.165) is 17.7 Å². The van der Waals surface area contributed by atoms with E-state index in [1.165, 1.54) is 0 Å². The van der Waals surface area contributed by atoms with E-state index < -0.39 is 11.7 Å². The lowest BCUT2D eigenvalue weighted by molar-refractivity contribution is 0.0636. The highest BCUT2D eigenvalue weighted by Crippen LogP contribution is 2.14. The third kappa shape index (κ3) is 5.38. The van der Waals surface area contributed by atoms with Gasteiger partial charge in [-0.2, -0.15) is 0 Å². The topological polar surface area (TPSA) is 38.3 Å². The Morgan fingerprint density at radius 1 is 1.29 bits per heavy atom. The molecule has 1 rings (SSSR count). The van der Waals surface area contributed by atoms with Crippen LogP contribution in [0.3, 0.4) is 0 Å². The third-order valence-electron chi connectivity index (χ3n) is 2.00. The molecule has 3 heteroatoms. The maximum atomic E-state index is 11.5. The molecule has 0 spiro atoms. The highest BCUT2D eigenvalue weighted by atomic mass is 16.6. The fraction of sp³-hybridized carbons (Fsp3) is 0.429. The zero-order valence-electron chi connectivity index (χ0n) is 10.9. The second kappa shape index (κ2) is 5.71. The van der Waals surface area contributed by atoms with Crippen molar-refractivity contribution >= 4 is 11.8 Å². The fourth-order valence-corrected chi connectivity index (χ4v) is 1.36. The Kier molecular flexibility index (Phi) is 4.55. The van der Waals surface area contributed by atoms with Crippen molar-refractivity contribution in [1.82, 2.24) is 0 Å². The predicted octanol–water partition coefficient (Wildman–Crippen LogP) is 4.00. The number of carbonyl (C=O) groups is 1. The molecule has 0 aromatic heterocycles. The fourth-order valence-electron chi connectivity index (χ4n) is 1.36. The van der Waals surface area contributed by atoms with Crippen molar-refractivity contribution in [2.24, 2.45) is 0 Å². The largest absolute Gasteiger partial charge is 0.444 e. The lowest BCUT2D eigenvalue weighted by atomic mass is 10.1. The first-order valence-corrected chi connectivity index (χ1v) is 5.84. The van der Waals surface area contributed by atoms with Crippen LogP contribution in [-0.4, -0.2) is 11.7 Å². The molecule has 3 nitrogen and oxygen atoms in total. The standard InChI is InChI=1S/C14H20NO2/c1-5-6-11-7-9-12(10-8-11)15-13(16)17-14(2,3)4/h6-10H,5H2,1-4H3,(H,15,16). The molecule has 0 bridgehead atoms. The summed E-state index contributed by atoms with van der Waals surface area (Å²) in [7, 11) is 0. The highest BCUT2D eigenvalue weighted by Gasteiger charge is 2.15. The zero-order chi connectivity index (χ0) is 12.9. The van der Waals surface area contributed by atoms with Gasteiger partial charge in [0.15, 0.2) is 0 Å². The number of hydrogen-bond acceptors (Lipinski definition) is 2. The molecule has 17 heavy (non-hydrogen) atoms. The van der Waals surface area contributed by atoms with Crippen LogP contribution in [0.15, 0.2) is 24.3 Å². The van der Waals surface area contributed by atoms with Crippen LogP contribution in [0.5, 0.6) is 0 Å². The second-order valence-corrected chi connectivity index (χ2v) is 4.86. The van der Waals surface area contributed by atoms with E-state index in [2.05, 4.69) is 18.7 Å². The van der Waals surface area contributed by atoms with Crippen molar-refractivity contribution in [3.8, 4) is 0 Å². The minimum absolute atomic E-state index is 0.426. The predicted molar refractivity (Wildman–Crippen MR) is 70.0 cm³/mol. The van der Waals surface area contributed by atoms with E-state index in [9.17, 15) is 4.79 Å². The van der Waals surface area contributed by atoms with Gasteiger partial charge in [-0.05, 0) is 51.3 Å². The number of rotatable bonds is 3. The molecule has 0 saturated heterocycles. The van der Waals surface area contributed by atoms with Gasteiger partial charge in [-0.1, -0.05) is 19.1 Å². The number of ether oxygens (including phenoxy) is 1. The molecule has 1 aromatic rings. The van der Waals surface area contributed by atoms with Gasteiger partial charge in [-0.25, -0.2) is 4.79 Å². The molecular weight excluding hydrogens is 214 g/mol. The average Bonchev–Trinajstić information content (AvgIpc) is 2.18. The van der Waals surface area contributed by atoms with Gasteiger partial charge in [0.25, 0.3) is 0 Å². The molecule has 0 saturated carbocycles. The Morgan fingerprint density at radius 2 is 1.88 bits per heavy atom. The summed E-state index contributed by atoms with van der Waals surface area (Å²) in [5.41, 5.74) is 1.43. The van der Waals surface area contributed by atoms with E-state index in [4.69, 9.17) is 4.74 Å². The SMILES string of the molecule is CC[CH]c1ccc(NC(=O)OC(C)(C)C)cc1. The van der Waals surface area contributed by atoms with Gasteiger partial charge >= 0.3 is 6.09 Å². The quantitative estimate of drug-likeness (QED) is 0.858. The molecule has 0 fully saturated rings. The Hall–Kier alpha value is -1.51.